The topological polar surface area (TPSA) is 49.4 Å². The van der Waals surface area contributed by atoms with Crippen LogP contribution >= 0.6 is 0 Å². The van der Waals surface area contributed by atoms with Crippen LogP contribution in [-0.2, 0) is 9.84 Å². The summed E-state index contributed by atoms with van der Waals surface area (Å²) in [6.07, 6.45) is 3.98. The van der Waals surface area contributed by atoms with Crippen molar-refractivity contribution in [2.45, 2.75) is 31.1 Å². The quantitative estimate of drug-likeness (QED) is 0.875. The van der Waals surface area contributed by atoms with Gasteiger partial charge in [0.25, 0.3) is 0 Å². The van der Waals surface area contributed by atoms with Gasteiger partial charge in [-0.05, 0) is 50.2 Å². The third-order valence-electron chi connectivity index (χ3n) is 3.80. The summed E-state index contributed by atoms with van der Waals surface area (Å²) in [6.45, 7) is 6.03. The highest BCUT2D eigenvalue weighted by Crippen LogP contribution is 2.15. The summed E-state index contributed by atoms with van der Waals surface area (Å²) < 4.78 is 23.4. The van der Waals surface area contributed by atoms with Crippen molar-refractivity contribution in [3.05, 3.63) is 24.3 Å². The molecule has 0 aromatic heterocycles. The second-order valence-electron chi connectivity index (χ2n) is 5.26. The third-order valence-corrected chi connectivity index (χ3v) is 5.55. The van der Waals surface area contributed by atoms with Crippen molar-refractivity contribution in [3.8, 4) is 0 Å². The van der Waals surface area contributed by atoms with Crippen LogP contribution in [0.2, 0.25) is 0 Å². The van der Waals surface area contributed by atoms with E-state index in [-0.39, 0.29) is 5.75 Å². The molecular formula is C15H24N2O2S. The van der Waals surface area contributed by atoms with E-state index in [1.165, 1.54) is 32.4 Å². The van der Waals surface area contributed by atoms with Crippen LogP contribution in [0.4, 0.5) is 5.69 Å². The van der Waals surface area contributed by atoms with Crippen LogP contribution in [-0.4, -0.2) is 45.2 Å². The van der Waals surface area contributed by atoms with Gasteiger partial charge in [0.2, 0.25) is 0 Å². The first-order valence-corrected chi connectivity index (χ1v) is 9.06. The Morgan fingerprint density at radius 2 is 1.75 bits per heavy atom. The Morgan fingerprint density at radius 3 is 2.35 bits per heavy atom. The number of anilines is 1. The second-order valence-corrected chi connectivity index (χ2v) is 7.54. The molecule has 1 aliphatic rings. The van der Waals surface area contributed by atoms with Crippen LogP contribution in [0.15, 0.2) is 29.2 Å². The normalized spacial score (nSPS) is 17.1. The van der Waals surface area contributed by atoms with Crippen LogP contribution in [0.5, 0.6) is 0 Å². The lowest BCUT2D eigenvalue weighted by Gasteiger charge is -2.26. The van der Waals surface area contributed by atoms with Crippen LogP contribution in [0.25, 0.3) is 0 Å². The minimum atomic E-state index is -3.09. The van der Waals surface area contributed by atoms with Crippen LogP contribution in [0.3, 0.4) is 0 Å². The van der Waals surface area contributed by atoms with Gasteiger partial charge in [-0.1, -0.05) is 13.3 Å². The van der Waals surface area contributed by atoms with E-state index in [1.807, 2.05) is 12.1 Å². The SMILES string of the molecule is CCS(=O)(=O)c1ccc(NCCN2CCCCC2)cc1. The molecule has 4 nitrogen and oxygen atoms in total. The van der Waals surface area contributed by atoms with Gasteiger partial charge in [0.15, 0.2) is 9.84 Å². The van der Waals surface area contributed by atoms with Gasteiger partial charge >= 0.3 is 0 Å². The van der Waals surface area contributed by atoms with Gasteiger partial charge in [0.1, 0.15) is 0 Å². The fraction of sp³-hybridized carbons (Fsp3) is 0.600. The minimum absolute atomic E-state index is 0.148. The van der Waals surface area contributed by atoms with E-state index in [0.717, 1.165) is 18.8 Å². The number of rotatable bonds is 6. The summed E-state index contributed by atoms with van der Waals surface area (Å²) in [4.78, 5) is 2.88. The Labute approximate surface area is 122 Å². The highest BCUT2D eigenvalue weighted by molar-refractivity contribution is 7.91. The number of likely N-dealkylation sites (tertiary alicyclic amines) is 1. The molecule has 0 bridgehead atoms. The molecule has 0 radical (unpaired) electrons. The fourth-order valence-electron chi connectivity index (χ4n) is 2.49. The van der Waals surface area contributed by atoms with Crippen LogP contribution < -0.4 is 5.32 Å². The van der Waals surface area contributed by atoms with E-state index in [0.29, 0.717) is 4.90 Å². The molecule has 1 aromatic carbocycles. The van der Waals surface area contributed by atoms with E-state index in [9.17, 15) is 8.42 Å². The smallest absolute Gasteiger partial charge is 0.178 e. The largest absolute Gasteiger partial charge is 0.384 e. The number of nitrogens with zero attached hydrogens (tertiary/aromatic N) is 1. The average Bonchev–Trinajstić information content (AvgIpc) is 2.49. The zero-order valence-electron chi connectivity index (χ0n) is 12.1. The lowest BCUT2D eigenvalue weighted by molar-refractivity contribution is 0.237. The number of piperidine rings is 1. The Morgan fingerprint density at radius 1 is 1.10 bits per heavy atom. The van der Waals surface area contributed by atoms with Gasteiger partial charge in [-0.25, -0.2) is 8.42 Å². The molecule has 20 heavy (non-hydrogen) atoms. The first kappa shape index (κ1) is 15.3. The Kier molecular flexibility index (Phi) is 5.43. The van der Waals surface area contributed by atoms with E-state index >= 15 is 0 Å². The zero-order valence-corrected chi connectivity index (χ0v) is 13.0. The Bertz CT molecular complexity index is 505. The van der Waals surface area contributed by atoms with Crippen molar-refractivity contribution in [3.63, 3.8) is 0 Å². The van der Waals surface area contributed by atoms with Crippen LogP contribution in [0, 0.1) is 0 Å². The molecule has 0 saturated carbocycles. The molecule has 2 rings (SSSR count). The van der Waals surface area contributed by atoms with E-state index in [2.05, 4.69) is 10.2 Å². The summed E-state index contributed by atoms with van der Waals surface area (Å²) in [5, 5.41) is 3.35. The molecule has 0 aliphatic carbocycles. The summed E-state index contributed by atoms with van der Waals surface area (Å²) >= 11 is 0. The molecular weight excluding hydrogens is 272 g/mol. The molecule has 112 valence electrons. The van der Waals surface area contributed by atoms with Gasteiger partial charge in [0.05, 0.1) is 10.6 Å². The van der Waals surface area contributed by atoms with Gasteiger partial charge in [-0.2, -0.15) is 0 Å². The lowest BCUT2D eigenvalue weighted by atomic mass is 10.1. The molecule has 0 spiro atoms. The molecule has 5 heteroatoms. The number of hydrogen-bond donors (Lipinski definition) is 1. The van der Waals surface area contributed by atoms with E-state index in [1.54, 1.807) is 19.1 Å². The van der Waals surface area contributed by atoms with Gasteiger partial charge < -0.3 is 10.2 Å². The molecule has 1 aromatic rings. The maximum absolute atomic E-state index is 11.7. The highest BCUT2D eigenvalue weighted by Gasteiger charge is 2.11. The minimum Gasteiger partial charge on any atom is -0.384 e. The van der Waals surface area contributed by atoms with Crippen molar-refractivity contribution in [2.24, 2.45) is 0 Å². The molecule has 0 amide bonds. The maximum atomic E-state index is 11.7. The van der Waals surface area contributed by atoms with Crippen molar-refractivity contribution in [2.75, 3.05) is 37.2 Å². The lowest BCUT2D eigenvalue weighted by Crippen LogP contribution is -2.33. The van der Waals surface area contributed by atoms with Gasteiger partial charge in [-0.15, -0.1) is 0 Å². The molecule has 1 aliphatic heterocycles. The molecule has 1 N–H and O–H groups in total. The van der Waals surface area contributed by atoms with Crippen molar-refractivity contribution in [1.29, 1.82) is 0 Å². The predicted octanol–water partition coefficient (Wildman–Crippen LogP) is 2.38. The predicted molar refractivity (Wildman–Crippen MR) is 82.9 cm³/mol. The van der Waals surface area contributed by atoms with Crippen molar-refractivity contribution < 1.29 is 8.42 Å². The first-order valence-electron chi connectivity index (χ1n) is 7.41. The summed E-state index contributed by atoms with van der Waals surface area (Å²) in [5.74, 6) is 0.148. The number of benzene rings is 1. The third kappa shape index (κ3) is 4.21. The summed E-state index contributed by atoms with van der Waals surface area (Å²) in [5.41, 5.74) is 0.983. The van der Waals surface area contributed by atoms with E-state index < -0.39 is 9.84 Å². The Balaban J connectivity index is 1.82. The molecule has 1 fully saturated rings. The fourth-order valence-corrected chi connectivity index (χ4v) is 3.37. The number of nitrogens with one attached hydrogen (secondary N) is 1. The van der Waals surface area contributed by atoms with Gasteiger partial charge in [0, 0.05) is 18.8 Å². The molecule has 1 heterocycles. The Hall–Kier alpha value is -1.07. The van der Waals surface area contributed by atoms with Crippen LogP contribution in [0.1, 0.15) is 26.2 Å². The summed E-state index contributed by atoms with van der Waals surface area (Å²) in [7, 11) is -3.09. The second kappa shape index (κ2) is 7.09. The number of hydrogen-bond acceptors (Lipinski definition) is 4. The molecule has 0 atom stereocenters. The average molecular weight is 296 g/mol. The van der Waals surface area contributed by atoms with E-state index in [4.69, 9.17) is 0 Å². The number of sulfone groups is 1. The van der Waals surface area contributed by atoms with Gasteiger partial charge in [-0.3, -0.25) is 0 Å². The standard InChI is InChI=1S/C15H24N2O2S/c1-2-20(18,19)15-8-6-14(7-9-15)16-10-13-17-11-4-3-5-12-17/h6-9,16H,2-5,10-13H2,1H3. The highest BCUT2D eigenvalue weighted by atomic mass is 32.2. The maximum Gasteiger partial charge on any atom is 0.178 e. The zero-order chi connectivity index (χ0) is 14.4. The molecule has 0 unspecified atom stereocenters. The van der Waals surface area contributed by atoms with Crippen molar-refractivity contribution in [1.82, 2.24) is 4.90 Å². The first-order chi connectivity index (χ1) is 9.62. The van der Waals surface area contributed by atoms with Crippen molar-refractivity contribution >= 4 is 15.5 Å². The monoisotopic (exact) mass is 296 g/mol. The molecule has 1 saturated heterocycles. The summed E-state index contributed by atoms with van der Waals surface area (Å²) in [6, 6.07) is 7.06.